The molecule has 1 aromatic rings. The van der Waals surface area contributed by atoms with Crippen LogP contribution in [0.25, 0.3) is 0 Å². The van der Waals surface area contributed by atoms with Crippen molar-refractivity contribution in [2.75, 3.05) is 51.1 Å². The molecular weight excluding hydrogens is 400 g/mol. The van der Waals surface area contributed by atoms with E-state index >= 15 is 0 Å². The van der Waals surface area contributed by atoms with E-state index in [1.165, 1.54) is 11.5 Å². The number of aliphatic hydroxyl groups excluding tert-OH is 1. The van der Waals surface area contributed by atoms with E-state index in [9.17, 15) is 9.90 Å². The lowest BCUT2D eigenvalue weighted by atomic mass is 9.94. The van der Waals surface area contributed by atoms with Crippen molar-refractivity contribution in [2.24, 2.45) is 11.3 Å². The minimum atomic E-state index is -0.320. The van der Waals surface area contributed by atoms with Crippen LogP contribution in [0.5, 0.6) is 0 Å². The largest absolute Gasteiger partial charge is 0.392 e. The standard InChI is InChI=1S/C21H38N6O2S/c1-15(2)12-27-13-17(28)10-16(27)11-22-20-23-18(24-30-20)14-25-6-8-26(9-7-25)19(29)21(3,4)5/h15-17,28H,6-14H2,1-5H3,(H,22,23,24)/t16-,17+/m0/s1. The van der Waals surface area contributed by atoms with E-state index in [4.69, 9.17) is 0 Å². The van der Waals surface area contributed by atoms with Crippen LogP contribution in [0, 0.1) is 11.3 Å². The summed E-state index contributed by atoms with van der Waals surface area (Å²) in [4.78, 5) is 23.7. The third-order valence-corrected chi connectivity index (χ3v) is 6.44. The molecule has 30 heavy (non-hydrogen) atoms. The highest BCUT2D eigenvalue weighted by molar-refractivity contribution is 7.09. The Kier molecular flexibility index (Phi) is 7.71. The fraction of sp³-hybridized carbons (Fsp3) is 0.857. The minimum Gasteiger partial charge on any atom is -0.392 e. The van der Waals surface area contributed by atoms with E-state index < -0.39 is 0 Å². The van der Waals surface area contributed by atoms with Crippen LogP contribution in [0.15, 0.2) is 0 Å². The Hall–Kier alpha value is -1.29. The molecule has 0 aromatic carbocycles. The molecule has 170 valence electrons. The fourth-order valence-corrected chi connectivity index (χ4v) is 4.83. The molecule has 0 bridgehead atoms. The smallest absolute Gasteiger partial charge is 0.228 e. The van der Waals surface area contributed by atoms with Crippen LogP contribution in [0.2, 0.25) is 0 Å². The molecule has 1 amide bonds. The molecule has 0 saturated carbocycles. The summed E-state index contributed by atoms with van der Waals surface area (Å²) < 4.78 is 4.51. The summed E-state index contributed by atoms with van der Waals surface area (Å²) in [7, 11) is 0. The van der Waals surface area contributed by atoms with Crippen LogP contribution >= 0.6 is 11.5 Å². The van der Waals surface area contributed by atoms with E-state index in [-0.39, 0.29) is 17.4 Å². The number of hydrogen-bond acceptors (Lipinski definition) is 8. The van der Waals surface area contributed by atoms with E-state index in [0.717, 1.165) is 69.7 Å². The lowest BCUT2D eigenvalue weighted by molar-refractivity contribution is -0.141. The van der Waals surface area contributed by atoms with E-state index in [0.29, 0.717) is 12.0 Å². The van der Waals surface area contributed by atoms with Gasteiger partial charge in [0.25, 0.3) is 0 Å². The first-order valence-corrected chi connectivity index (χ1v) is 11.9. The average molecular weight is 439 g/mol. The van der Waals surface area contributed by atoms with Gasteiger partial charge in [-0.3, -0.25) is 14.6 Å². The van der Waals surface area contributed by atoms with Crippen molar-refractivity contribution in [3.8, 4) is 0 Å². The van der Waals surface area contributed by atoms with Gasteiger partial charge in [-0.25, -0.2) is 4.98 Å². The van der Waals surface area contributed by atoms with Crippen LogP contribution in [0.3, 0.4) is 0 Å². The van der Waals surface area contributed by atoms with Crippen LogP contribution in [0.4, 0.5) is 5.13 Å². The fourth-order valence-electron chi connectivity index (χ4n) is 4.24. The first kappa shape index (κ1) is 23.4. The maximum Gasteiger partial charge on any atom is 0.228 e. The molecule has 2 saturated heterocycles. The maximum absolute atomic E-state index is 12.4. The number of β-amino-alcohol motifs (C(OH)–C–C–N with tert-alkyl or cyclic N) is 1. The van der Waals surface area contributed by atoms with Crippen molar-refractivity contribution in [1.29, 1.82) is 0 Å². The van der Waals surface area contributed by atoms with Crippen molar-refractivity contribution in [2.45, 2.75) is 59.7 Å². The SMILES string of the molecule is CC(C)CN1C[C@H](O)C[C@H]1CNc1nc(CN2CCN(C(=O)C(C)(C)C)CC2)ns1. The summed E-state index contributed by atoms with van der Waals surface area (Å²) in [5.74, 6) is 1.65. The summed E-state index contributed by atoms with van der Waals surface area (Å²) in [6, 6.07) is 0.336. The molecule has 2 aliphatic rings. The lowest BCUT2D eigenvalue weighted by Gasteiger charge is -2.37. The number of hydrogen-bond donors (Lipinski definition) is 2. The van der Waals surface area contributed by atoms with Crippen LogP contribution < -0.4 is 5.32 Å². The van der Waals surface area contributed by atoms with E-state index in [2.05, 4.69) is 38.3 Å². The van der Waals surface area contributed by atoms with Crippen LogP contribution in [0.1, 0.15) is 46.9 Å². The second kappa shape index (κ2) is 9.89. The van der Waals surface area contributed by atoms with E-state index in [1.807, 2.05) is 25.7 Å². The van der Waals surface area contributed by atoms with Gasteiger partial charge in [0, 0.05) is 68.8 Å². The van der Waals surface area contributed by atoms with Gasteiger partial charge in [0.1, 0.15) is 0 Å². The Bertz CT molecular complexity index is 696. The first-order valence-electron chi connectivity index (χ1n) is 11.1. The van der Waals surface area contributed by atoms with Crippen LogP contribution in [-0.4, -0.2) is 93.0 Å². The first-order chi connectivity index (χ1) is 14.1. The molecular formula is C21H38N6O2S. The monoisotopic (exact) mass is 438 g/mol. The molecule has 9 heteroatoms. The predicted octanol–water partition coefficient (Wildman–Crippen LogP) is 1.73. The number of anilines is 1. The van der Waals surface area contributed by atoms with Crippen LogP contribution in [-0.2, 0) is 11.3 Å². The second-order valence-corrected chi connectivity index (χ2v) is 10.9. The zero-order valence-corrected chi connectivity index (χ0v) is 19.9. The van der Waals surface area contributed by atoms with Crippen molar-refractivity contribution in [3.63, 3.8) is 0 Å². The van der Waals surface area contributed by atoms with E-state index in [1.54, 1.807) is 0 Å². The van der Waals surface area contributed by atoms with Crippen molar-refractivity contribution in [1.82, 2.24) is 24.1 Å². The summed E-state index contributed by atoms with van der Waals surface area (Å²) >= 11 is 1.40. The Morgan fingerprint density at radius 1 is 1.27 bits per heavy atom. The van der Waals surface area contributed by atoms with Gasteiger partial charge in [0.15, 0.2) is 5.82 Å². The number of carbonyl (C=O) groups excluding carboxylic acids is 1. The number of nitrogens with one attached hydrogen (secondary N) is 1. The number of aliphatic hydroxyl groups is 1. The third-order valence-electron chi connectivity index (χ3n) is 5.73. The molecule has 3 rings (SSSR count). The summed E-state index contributed by atoms with van der Waals surface area (Å²) in [6.45, 7) is 16.9. The molecule has 2 fully saturated rings. The number of likely N-dealkylation sites (tertiary alicyclic amines) is 1. The van der Waals surface area contributed by atoms with Gasteiger partial charge in [-0.15, -0.1) is 0 Å². The number of nitrogens with zero attached hydrogens (tertiary/aromatic N) is 5. The Morgan fingerprint density at radius 2 is 1.97 bits per heavy atom. The topological polar surface area (TPSA) is 84.8 Å². The zero-order chi connectivity index (χ0) is 21.9. The van der Waals surface area contributed by atoms with Gasteiger partial charge >= 0.3 is 0 Å². The molecule has 0 radical (unpaired) electrons. The third kappa shape index (κ3) is 6.35. The minimum absolute atomic E-state index is 0.226. The van der Waals surface area contributed by atoms with Gasteiger partial charge < -0.3 is 15.3 Å². The second-order valence-electron chi connectivity index (χ2n) is 10.1. The highest BCUT2D eigenvalue weighted by Gasteiger charge is 2.31. The molecule has 1 aromatic heterocycles. The molecule has 2 N–H and O–H groups in total. The summed E-state index contributed by atoms with van der Waals surface area (Å²) in [5, 5.41) is 14.3. The quantitative estimate of drug-likeness (QED) is 0.671. The number of rotatable bonds is 7. The lowest BCUT2D eigenvalue weighted by Crippen LogP contribution is -2.51. The normalized spacial score (nSPS) is 24.0. The van der Waals surface area contributed by atoms with Gasteiger partial charge in [0.2, 0.25) is 11.0 Å². The maximum atomic E-state index is 12.4. The summed E-state index contributed by atoms with van der Waals surface area (Å²) in [5.41, 5.74) is -0.320. The number of piperazine rings is 1. The molecule has 0 spiro atoms. The molecule has 8 nitrogen and oxygen atoms in total. The highest BCUT2D eigenvalue weighted by Crippen LogP contribution is 2.22. The zero-order valence-electron chi connectivity index (χ0n) is 19.1. The average Bonchev–Trinajstić information content (AvgIpc) is 3.24. The van der Waals surface area contributed by atoms with Crippen molar-refractivity contribution >= 4 is 22.6 Å². The number of amides is 1. The predicted molar refractivity (Wildman–Crippen MR) is 121 cm³/mol. The molecule has 0 unspecified atom stereocenters. The summed E-state index contributed by atoms with van der Waals surface area (Å²) in [6.07, 6.45) is 0.576. The number of carbonyl (C=O) groups is 1. The van der Waals surface area contributed by atoms with Crippen molar-refractivity contribution < 1.29 is 9.90 Å². The highest BCUT2D eigenvalue weighted by atomic mass is 32.1. The number of aromatic nitrogens is 2. The van der Waals surface area contributed by atoms with Gasteiger partial charge in [-0.1, -0.05) is 34.6 Å². The molecule has 0 aliphatic carbocycles. The Morgan fingerprint density at radius 3 is 2.60 bits per heavy atom. The molecule has 2 atom stereocenters. The molecule has 3 heterocycles. The van der Waals surface area contributed by atoms with Crippen molar-refractivity contribution in [3.05, 3.63) is 5.82 Å². The Labute approximate surface area is 184 Å². The molecule has 2 aliphatic heterocycles. The van der Waals surface area contributed by atoms with Gasteiger partial charge in [-0.2, -0.15) is 4.37 Å². The Balaban J connectivity index is 1.44. The van der Waals surface area contributed by atoms with Gasteiger partial charge in [0.05, 0.1) is 12.6 Å². The van der Waals surface area contributed by atoms with Gasteiger partial charge in [-0.05, 0) is 12.3 Å².